The lowest BCUT2D eigenvalue weighted by Crippen LogP contribution is -2.49. The molecule has 0 bridgehead atoms. The minimum Gasteiger partial charge on any atom is -0.492 e. The van der Waals surface area contributed by atoms with Gasteiger partial charge in [-0.25, -0.2) is 4.98 Å². The highest BCUT2D eigenvalue weighted by Crippen LogP contribution is 2.33. The molecule has 5 nitrogen and oxygen atoms in total. The van der Waals surface area contributed by atoms with E-state index in [-0.39, 0.29) is 0 Å². The largest absolute Gasteiger partial charge is 0.492 e. The molecule has 0 aliphatic carbocycles. The van der Waals surface area contributed by atoms with Gasteiger partial charge < -0.3 is 9.47 Å². The number of rotatable bonds is 5. The second-order valence-corrected chi connectivity index (χ2v) is 7.68. The van der Waals surface area contributed by atoms with Crippen molar-refractivity contribution in [3.05, 3.63) is 36.0 Å². The number of nitrogens with zero attached hydrogens (tertiary/aromatic N) is 3. The lowest BCUT2D eigenvalue weighted by Gasteiger charge is -2.44. The van der Waals surface area contributed by atoms with Crippen molar-refractivity contribution in [3.63, 3.8) is 0 Å². The summed E-state index contributed by atoms with van der Waals surface area (Å²) in [6, 6.07) is 10.6. The maximum atomic E-state index is 6.35. The maximum Gasteiger partial charge on any atom is 0.216 e. The van der Waals surface area contributed by atoms with Crippen molar-refractivity contribution in [2.75, 3.05) is 26.8 Å². The molecule has 2 aliphatic rings. The molecule has 0 saturated carbocycles. The molecule has 0 amide bonds. The third-order valence-electron chi connectivity index (χ3n) is 5.85. The summed E-state index contributed by atoms with van der Waals surface area (Å²) in [5.74, 6) is 2.71. The van der Waals surface area contributed by atoms with Crippen LogP contribution in [-0.2, 0) is 0 Å². The minimum atomic E-state index is 0.581. The molecule has 0 unspecified atom stereocenters. The van der Waals surface area contributed by atoms with Crippen LogP contribution in [0.15, 0.2) is 30.3 Å². The van der Waals surface area contributed by atoms with Crippen LogP contribution in [0.25, 0.3) is 11.4 Å². The van der Waals surface area contributed by atoms with Crippen LogP contribution in [0, 0.1) is 12.8 Å². The standard InChI is InChI=1S/C22H29N3O2/c1-16-14-21(26-2)24-22(23-16)18-9-3-4-11-20(18)27-15-17-8-7-13-25-12-6-5-10-19(17)25/h3-4,9,11,14,17,19H,5-8,10,12-13,15H2,1-2H3/t17-,19+/m0/s1. The fraction of sp³-hybridized carbons (Fsp3) is 0.545. The molecule has 2 saturated heterocycles. The van der Waals surface area contributed by atoms with Gasteiger partial charge in [-0.1, -0.05) is 18.6 Å². The summed E-state index contributed by atoms with van der Waals surface area (Å²) in [6.07, 6.45) is 6.56. The first-order valence-corrected chi connectivity index (χ1v) is 10.1. The summed E-state index contributed by atoms with van der Waals surface area (Å²) in [5, 5.41) is 0. The lowest BCUT2D eigenvalue weighted by molar-refractivity contribution is 0.0367. The summed E-state index contributed by atoms with van der Waals surface area (Å²) < 4.78 is 11.7. The van der Waals surface area contributed by atoms with Gasteiger partial charge >= 0.3 is 0 Å². The summed E-state index contributed by atoms with van der Waals surface area (Å²) in [7, 11) is 1.63. The van der Waals surface area contributed by atoms with Crippen molar-refractivity contribution in [1.29, 1.82) is 0 Å². The summed E-state index contributed by atoms with van der Waals surface area (Å²) >= 11 is 0. The number of aromatic nitrogens is 2. The Labute approximate surface area is 161 Å². The molecule has 0 spiro atoms. The molecule has 1 aromatic heterocycles. The molecule has 0 N–H and O–H groups in total. The Morgan fingerprint density at radius 2 is 1.93 bits per heavy atom. The Hall–Kier alpha value is -2.14. The molecule has 4 rings (SSSR count). The van der Waals surface area contributed by atoms with Gasteiger partial charge in [0.25, 0.3) is 0 Å². The normalized spacial score (nSPS) is 22.9. The van der Waals surface area contributed by atoms with Gasteiger partial charge in [-0.3, -0.25) is 4.90 Å². The predicted octanol–water partition coefficient (Wildman–Crippen LogP) is 4.10. The van der Waals surface area contributed by atoms with Gasteiger partial charge in [0.1, 0.15) is 5.75 Å². The second-order valence-electron chi connectivity index (χ2n) is 7.68. The number of ether oxygens (including phenoxy) is 2. The van der Waals surface area contributed by atoms with Crippen molar-refractivity contribution in [2.45, 2.75) is 45.1 Å². The van der Waals surface area contributed by atoms with Gasteiger partial charge in [0.15, 0.2) is 5.82 Å². The maximum absolute atomic E-state index is 6.35. The molecule has 0 radical (unpaired) electrons. The summed E-state index contributed by atoms with van der Waals surface area (Å²) in [5.41, 5.74) is 1.81. The van der Waals surface area contributed by atoms with Crippen LogP contribution in [0.2, 0.25) is 0 Å². The Morgan fingerprint density at radius 1 is 1.07 bits per heavy atom. The molecule has 2 aromatic rings. The number of fused-ring (bicyclic) bond motifs is 1. The van der Waals surface area contributed by atoms with Gasteiger partial charge in [0.05, 0.1) is 19.3 Å². The van der Waals surface area contributed by atoms with E-state index in [9.17, 15) is 0 Å². The molecular weight excluding hydrogens is 338 g/mol. The van der Waals surface area contributed by atoms with Crippen LogP contribution in [0.1, 0.15) is 37.8 Å². The van der Waals surface area contributed by atoms with Gasteiger partial charge in [-0.05, 0) is 57.8 Å². The zero-order valence-corrected chi connectivity index (χ0v) is 16.4. The number of para-hydroxylation sites is 1. The number of hydrogen-bond acceptors (Lipinski definition) is 5. The number of benzene rings is 1. The number of hydrogen-bond donors (Lipinski definition) is 0. The molecule has 5 heteroatoms. The molecule has 2 atom stereocenters. The smallest absolute Gasteiger partial charge is 0.216 e. The Bertz CT molecular complexity index is 778. The third kappa shape index (κ3) is 4.08. The van der Waals surface area contributed by atoms with E-state index in [4.69, 9.17) is 9.47 Å². The first-order valence-electron chi connectivity index (χ1n) is 10.1. The minimum absolute atomic E-state index is 0.581. The van der Waals surface area contributed by atoms with Gasteiger partial charge in [0.2, 0.25) is 5.88 Å². The first-order chi connectivity index (χ1) is 13.2. The van der Waals surface area contributed by atoms with E-state index < -0.39 is 0 Å². The van der Waals surface area contributed by atoms with Crippen molar-refractivity contribution in [3.8, 4) is 23.0 Å². The SMILES string of the molecule is COc1cc(C)nc(-c2ccccc2OC[C@@H]2CCCN3CCCC[C@H]23)n1. The Balaban J connectivity index is 1.52. The predicted molar refractivity (Wildman–Crippen MR) is 106 cm³/mol. The average Bonchev–Trinajstić information content (AvgIpc) is 2.72. The highest BCUT2D eigenvalue weighted by Gasteiger charge is 2.33. The van der Waals surface area contributed by atoms with E-state index in [2.05, 4.69) is 14.9 Å². The van der Waals surface area contributed by atoms with E-state index in [1.165, 1.54) is 45.2 Å². The van der Waals surface area contributed by atoms with Gasteiger partial charge in [0, 0.05) is 23.7 Å². The number of piperidine rings is 2. The molecule has 27 heavy (non-hydrogen) atoms. The van der Waals surface area contributed by atoms with Crippen molar-refractivity contribution in [2.24, 2.45) is 5.92 Å². The first kappa shape index (κ1) is 18.2. The Morgan fingerprint density at radius 3 is 2.81 bits per heavy atom. The molecule has 3 heterocycles. The van der Waals surface area contributed by atoms with Gasteiger partial charge in [-0.15, -0.1) is 0 Å². The van der Waals surface area contributed by atoms with Gasteiger partial charge in [-0.2, -0.15) is 4.98 Å². The summed E-state index contributed by atoms with van der Waals surface area (Å²) in [4.78, 5) is 11.8. The van der Waals surface area contributed by atoms with Crippen molar-refractivity contribution < 1.29 is 9.47 Å². The highest BCUT2D eigenvalue weighted by atomic mass is 16.5. The van der Waals surface area contributed by atoms with Crippen molar-refractivity contribution >= 4 is 0 Å². The van der Waals surface area contributed by atoms with Crippen molar-refractivity contribution in [1.82, 2.24) is 14.9 Å². The second kappa shape index (κ2) is 8.26. The zero-order valence-electron chi connectivity index (χ0n) is 16.4. The number of aryl methyl sites for hydroxylation is 1. The molecule has 1 aromatic carbocycles. The van der Waals surface area contributed by atoms with E-state index >= 15 is 0 Å². The molecule has 144 valence electrons. The van der Waals surface area contributed by atoms with Crippen LogP contribution >= 0.6 is 0 Å². The van der Waals surface area contributed by atoms with Crippen LogP contribution in [0.5, 0.6) is 11.6 Å². The summed E-state index contributed by atoms with van der Waals surface area (Å²) in [6.45, 7) is 5.24. The average molecular weight is 367 g/mol. The fourth-order valence-corrected chi connectivity index (χ4v) is 4.51. The van der Waals surface area contributed by atoms with E-state index in [1.54, 1.807) is 7.11 Å². The van der Waals surface area contributed by atoms with Crippen LogP contribution < -0.4 is 9.47 Å². The molecule has 2 fully saturated rings. The third-order valence-corrected chi connectivity index (χ3v) is 5.85. The zero-order chi connectivity index (χ0) is 18.6. The Kier molecular flexibility index (Phi) is 5.58. The van der Waals surface area contributed by atoms with E-state index in [0.717, 1.165) is 23.6 Å². The molecular formula is C22H29N3O2. The topological polar surface area (TPSA) is 47.5 Å². The number of methoxy groups -OCH3 is 1. The molecule has 2 aliphatic heterocycles. The quantitative estimate of drug-likeness (QED) is 0.796. The highest BCUT2D eigenvalue weighted by molar-refractivity contribution is 5.64. The van der Waals surface area contributed by atoms with Crippen LogP contribution in [0.4, 0.5) is 0 Å². The van der Waals surface area contributed by atoms with E-state index in [1.807, 2.05) is 37.3 Å². The monoisotopic (exact) mass is 367 g/mol. The van der Waals surface area contributed by atoms with Crippen LogP contribution in [0.3, 0.4) is 0 Å². The lowest BCUT2D eigenvalue weighted by atomic mass is 9.84. The fourth-order valence-electron chi connectivity index (χ4n) is 4.51. The van der Waals surface area contributed by atoms with E-state index in [0.29, 0.717) is 23.7 Å². The van der Waals surface area contributed by atoms with Crippen LogP contribution in [-0.4, -0.2) is 47.7 Å².